The molecule has 0 aliphatic rings. The van der Waals surface area contributed by atoms with Gasteiger partial charge in [0, 0.05) is 22.3 Å². The van der Waals surface area contributed by atoms with E-state index in [1.165, 1.54) is 6.08 Å². The molecule has 0 unspecified atom stereocenters. The van der Waals surface area contributed by atoms with Gasteiger partial charge in [0.1, 0.15) is 23.2 Å². The first-order valence-corrected chi connectivity index (χ1v) is 8.77. The Bertz CT molecular complexity index is 1060. The zero-order valence-electron chi connectivity index (χ0n) is 14.3. The molecule has 0 bridgehead atoms. The smallest absolute Gasteiger partial charge is 0.266 e. The van der Waals surface area contributed by atoms with Crippen molar-refractivity contribution in [1.82, 2.24) is 0 Å². The van der Waals surface area contributed by atoms with Crippen LogP contribution in [-0.2, 0) is 4.79 Å². The van der Waals surface area contributed by atoms with E-state index in [1.807, 2.05) is 25.1 Å². The predicted octanol–water partition coefficient (Wildman–Crippen LogP) is 6.11. The van der Waals surface area contributed by atoms with Crippen LogP contribution in [-0.4, -0.2) is 5.91 Å². The molecule has 1 heterocycles. The minimum absolute atomic E-state index is 0.0707. The molecule has 0 aliphatic heterocycles. The second-order valence-electron chi connectivity index (χ2n) is 5.82. The van der Waals surface area contributed by atoms with Crippen LogP contribution in [0.1, 0.15) is 11.3 Å². The van der Waals surface area contributed by atoms with Crippen LogP contribution in [0.4, 0.5) is 5.69 Å². The molecule has 2 aromatic carbocycles. The lowest BCUT2D eigenvalue weighted by Crippen LogP contribution is -2.13. The number of anilines is 1. The van der Waals surface area contributed by atoms with E-state index in [0.29, 0.717) is 32.8 Å². The number of carbonyl (C=O) groups is 1. The summed E-state index contributed by atoms with van der Waals surface area (Å²) < 4.78 is 5.70. The van der Waals surface area contributed by atoms with E-state index in [-0.39, 0.29) is 5.57 Å². The summed E-state index contributed by atoms with van der Waals surface area (Å²) in [4.78, 5) is 12.3. The molecule has 0 spiro atoms. The van der Waals surface area contributed by atoms with Gasteiger partial charge in [0.15, 0.2) is 0 Å². The van der Waals surface area contributed by atoms with Crippen molar-refractivity contribution in [3.63, 3.8) is 0 Å². The number of furan rings is 1. The van der Waals surface area contributed by atoms with E-state index >= 15 is 0 Å². The maximum atomic E-state index is 12.3. The minimum atomic E-state index is -0.510. The number of nitrogens with zero attached hydrogens (tertiary/aromatic N) is 1. The van der Waals surface area contributed by atoms with Gasteiger partial charge in [-0.2, -0.15) is 5.26 Å². The van der Waals surface area contributed by atoms with Crippen LogP contribution < -0.4 is 5.32 Å². The molecule has 1 amide bonds. The molecule has 3 aromatic rings. The van der Waals surface area contributed by atoms with E-state index in [0.717, 1.165) is 5.56 Å². The van der Waals surface area contributed by atoms with Gasteiger partial charge in [0.25, 0.3) is 5.91 Å². The van der Waals surface area contributed by atoms with Crippen LogP contribution in [0.5, 0.6) is 0 Å². The zero-order chi connectivity index (χ0) is 19.4. The Hall–Kier alpha value is -3.00. The number of benzene rings is 2. The number of nitriles is 1. The highest BCUT2D eigenvalue weighted by atomic mass is 35.5. The predicted molar refractivity (Wildman–Crippen MR) is 108 cm³/mol. The number of halogens is 2. The quantitative estimate of drug-likeness (QED) is 0.427. The fourth-order valence-electron chi connectivity index (χ4n) is 2.39. The van der Waals surface area contributed by atoms with Crippen LogP contribution >= 0.6 is 23.2 Å². The van der Waals surface area contributed by atoms with E-state index in [1.54, 1.807) is 42.5 Å². The fourth-order valence-corrected chi connectivity index (χ4v) is 2.89. The molecule has 27 heavy (non-hydrogen) atoms. The minimum Gasteiger partial charge on any atom is -0.457 e. The van der Waals surface area contributed by atoms with Crippen molar-refractivity contribution in [3.8, 4) is 17.4 Å². The van der Waals surface area contributed by atoms with Gasteiger partial charge in [-0.25, -0.2) is 0 Å². The van der Waals surface area contributed by atoms with Gasteiger partial charge in [-0.15, -0.1) is 0 Å². The molecule has 6 heteroatoms. The Balaban J connectivity index is 1.82. The molecular weight excluding hydrogens is 383 g/mol. The summed E-state index contributed by atoms with van der Waals surface area (Å²) in [5, 5.41) is 13.0. The molecule has 0 radical (unpaired) electrons. The van der Waals surface area contributed by atoms with Crippen molar-refractivity contribution < 1.29 is 9.21 Å². The monoisotopic (exact) mass is 396 g/mol. The van der Waals surface area contributed by atoms with E-state index in [9.17, 15) is 10.1 Å². The summed E-state index contributed by atoms with van der Waals surface area (Å²) >= 11 is 12.1. The van der Waals surface area contributed by atoms with Gasteiger partial charge in [-0.05, 0) is 49.4 Å². The Labute approximate surface area is 166 Å². The highest BCUT2D eigenvalue weighted by Crippen LogP contribution is 2.32. The number of nitrogens with one attached hydrogen (secondary N) is 1. The summed E-state index contributed by atoms with van der Waals surface area (Å²) in [7, 11) is 0. The third-order valence-corrected chi connectivity index (χ3v) is 4.33. The molecule has 134 valence electrons. The summed E-state index contributed by atoms with van der Waals surface area (Å²) in [6.45, 7) is 1.95. The maximum Gasteiger partial charge on any atom is 0.266 e. The lowest BCUT2D eigenvalue weighted by Gasteiger charge is -2.04. The topological polar surface area (TPSA) is 66.0 Å². The van der Waals surface area contributed by atoms with Crippen LogP contribution in [0.15, 0.2) is 64.6 Å². The average Bonchev–Trinajstić information content (AvgIpc) is 3.09. The second-order valence-corrected chi connectivity index (χ2v) is 6.66. The first-order valence-electron chi connectivity index (χ1n) is 8.01. The lowest BCUT2D eigenvalue weighted by atomic mass is 10.2. The molecule has 0 saturated carbocycles. The molecule has 4 nitrogen and oxygen atoms in total. The number of aryl methyl sites for hydroxylation is 1. The van der Waals surface area contributed by atoms with Gasteiger partial charge in [0.2, 0.25) is 0 Å². The van der Waals surface area contributed by atoms with E-state index in [2.05, 4.69) is 5.32 Å². The molecule has 1 aromatic heterocycles. The largest absolute Gasteiger partial charge is 0.457 e. The van der Waals surface area contributed by atoms with Crippen LogP contribution in [0, 0.1) is 18.3 Å². The Kier molecular flexibility index (Phi) is 5.66. The Morgan fingerprint density at radius 1 is 1.11 bits per heavy atom. The van der Waals surface area contributed by atoms with Crippen molar-refractivity contribution in [2.45, 2.75) is 6.92 Å². The number of hydrogen-bond donors (Lipinski definition) is 1. The molecule has 0 aliphatic carbocycles. The van der Waals surface area contributed by atoms with Gasteiger partial charge in [-0.1, -0.05) is 40.9 Å². The molecule has 0 atom stereocenters. The zero-order valence-corrected chi connectivity index (χ0v) is 15.8. The van der Waals surface area contributed by atoms with Gasteiger partial charge >= 0.3 is 0 Å². The summed E-state index contributed by atoms with van der Waals surface area (Å²) in [6, 6.07) is 17.6. The number of carbonyl (C=O) groups excluding carboxylic acids is 1. The van der Waals surface area contributed by atoms with Crippen molar-refractivity contribution in [2.75, 3.05) is 5.32 Å². The number of amides is 1. The molecule has 1 N–H and O–H groups in total. The van der Waals surface area contributed by atoms with Crippen molar-refractivity contribution in [3.05, 3.63) is 81.5 Å². The molecule has 0 fully saturated rings. The van der Waals surface area contributed by atoms with Gasteiger partial charge in [0.05, 0.1) is 5.02 Å². The third kappa shape index (κ3) is 4.59. The number of rotatable bonds is 4. The van der Waals surface area contributed by atoms with Crippen LogP contribution in [0.3, 0.4) is 0 Å². The van der Waals surface area contributed by atoms with Gasteiger partial charge < -0.3 is 9.73 Å². The Morgan fingerprint density at radius 3 is 2.52 bits per heavy atom. The third-order valence-electron chi connectivity index (χ3n) is 3.78. The standard InChI is InChI=1S/C21H14Cl2N2O2/c1-13-2-5-16(6-3-13)25-21(26)14(12-24)10-17-7-9-20(27-17)18-8-4-15(22)11-19(18)23/h2-11H,1H3,(H,25,26)/b14-10-. The highest BCUT2D eigenvalue weighted by Gasteiger charge is 2.13. The van der Waals surface area contributed by atoms with E-state index in [4.69, 9.17) is 27.6 Å². The molecular formula is C21H14Cl2N2O2. The van der Waals surface area contributed by atoms with Gasteiger partial charge in [-0.3, -0.25) is 4.79 Å². The first-order chi connectivity index (χ1) is 13.0. The van der Waals surface area contributed by atoms with E-state index < -0.39 is 5.91 Å². The average molecular weight is 397 g/mol. The van der Waals surface area contributed by atoms with Crippen molar-refractivity contribution >= 4 is 40.9 Å². The summed E-state index contributed by atoms with van der Waals surface area (Å²) in [6.07, 6.45) is 1.39. The first kappa shape index (κ1) is 18.8. The maximum absolute atomic E-state index is 12.3. The number of hydrogen-bond acceptors (Lipinski definition) is 3. The molecule has 3 rings (SSSR count). The fraction of sp³-hybridized carbons (Fsp3) is 0.0476. The summed E-state index contributed by atoms with van der Waals surface area (Å²) in [5.74, 6) is 0.370. The van der Waals surface area contributed by atoms with Crippen LogP contribution in [0.25, 0.3) is 17.4 Å². The van der Waals surface area contributed by atoms with Crippen molar-refractivity contribution in [1.29, 1.82) is 5.26 Å². The Morgan fingerprint density at radius 2 is 1.85 bits per heavy atom. The van der Waals surface area contributed by atoms with Crippen molar-refractivity contribution in [2.24, 2.45) is 0 Å². The SMILES string of the molecule is Cc1ccc(NC(=O)/C(C#N)=C\c2ccc(-c3ccc(Cl)cc3Cl)o2)cc1. The highest BCUT2D eigenvalue weighted by molar-refractivity contribution is 6.36. The lowest BCUT2D eigenvalue weighted by molar-refractivity contribution is -0.112. The normalized spacial score (nSPS) is 11.1. The second kappa shape index (κ2) is 8.13. The summed E-state index contributed by atoms with van der Waals surface area (Å²) in [5.41, 5.74) is 2.29. The van der Waals surface area contributed by atoms with Crippen LogP contribution in [0.2, 0.25) is 10.0 Å². The molecule has 0 saturated heterocycles.